The molecule has 0 amide bonds. The molecule has 106 valence electrons. The van der Waals surface area contributed by atoms with Gasteiger partial charge in [0.1, 0.15) is 0 Å². The molecule has 2 aromatic carbocycles. The van der Waals surface area contributed by atoms with E-state index in [0.29, 0.717) is 11.1 Å². The van der Waals surface area contributed by atoms with Crippen LogP contribution in [0.1, 0.15) is 29.8 Å². The fraction of sp³-hybridized carbons (Fsp3) is 0.118. The van der Waals surface area contributed by atoms with Gasteiger partial charge in [-0.1, -0.05) is 30.3 Å². The predicted octanol–water partition coefficient (Wildman–Crippen LogP) is 4.27. The zero-order valence-corrected chi connectivity index (χ0v) is 11.9. The first kappa shape index (κ1) is 14.7. The molecule has 0 fully saturated rings. The number of rotatable bonds is 4. The van der Waals surface area contributed by atoms with Gasteiger partial charge in [0.25, 0.3) is 5.69 Å². The van der Waals surface area contributed by atoms with Gasteiger partial charge in [-0.25, -0.2) is 0 Å². The lowest BCUT2D eigenvalue weighted by Crippen LogP contribution is -2.02. The number of benzene rings is 2. The van der Waals surface area contributed by atoms with Crippen LogP contribution in [-0.4, -0.2) is 10.7 Å². The summed E-state index contributed by atoms with van der Waals surface area (Å²) in [5, 5.41) is 10.6. The highest BCUT2D eigenvalue weighted by Gasteiger charge is 2.12. The van der Waals surface area contributed by atoms with Crippen LogP contribution in [0.25, 0.3) is 5.57 Å². The van der Waals surface area contributed by atoms with Gasteiger partial charge in [-0.3, -0.25) is 14.9 Å². The third-order valence-corrected chi connectivity index (χ3v) is 3.45. The second-order valence-electron chi connectivity index (χ2n) is 4.75. The smallest absolute Gasteiger partial charge is 0.269 e. The van der Waals surface area contributed by atoms with Gasteiger partial charge >= 0.3 is 0 Å². The number of ketones is 1. The SMILES string of the molecule is C/C(C(=O)c1ccccc1)=C(/C)c1ccc([N+](=O)[O-])cc1. The number of Topliss-reactive ketones (excluding diaryl/α,β-unsaturated/α-hetero) is 1. The lowest BCUT2D eigenvalue weighted by atomic mass is 9.96. The highest BCUT2D eigenvalue weighted by Crippen LogP contribution is 2.23. The Bertz CT molecular complexity index is 701. The van der Waals surface area contributed by atoms with Gasteiger partial charge in [0, 0.05) is 23.3 Å². The molecule has 0 aliphatic carbocycles. The van der Waals surface area contributed by atoms with Gasteiger partial charge in [0.15, 0.2) is 5.78 Å². The van der Waals surface area contributed by atoms with Crippen molar-refractivity contribution in [3.63, 3.8) is 0 Å². The Hall–Kier alpha value is -2.75. The van der Waals surface area contributed by atoms with Gasteiger partial charge in [0.2, 0.25) is 0 Å². The average Bonchev–Trinajstić information content (AvgIpc) is 2.53. The molecule has 0 aromatic heterocycles. The molecule has 0 spiro atoms. The first-order valence-corrected chi connectivity index (χ1v) is 6.52. The largest absolute Gasteiger partial charge is 0.289 e. The molecule has 0 unspecified atom stereocenters. The highest BCUT2D eigenvalue weighted by atomic mass is 16.6. The normalized spacial score (nSPS) is 11.7. The summed E-state index contributed by atoms with van der Waals surface area (Å²) in [6.07, 6.45) is 0. The van der Waals surface area contributed by atoms with Gasteiger partial charge in [-0.05, 0) is 37.1 Å². The minimum absolute atomic E-state index is 0.0357. The number of nitro benzene ring substituents is 1. The first-order chi connectivity index (χ1) is 10.0. The Morgan fingerprint density at radius 3 is 2.00 bits per heavy atom. The van der Waals surface area contributed by atoms with E-state index >= 15 is 0 Å². The van der Waals surface area contributed by atoms with Crippen LogP contribution in [0.5, 0.6) is 0 Å². The molecule has 2 aromatic rings. The standard InChI is InChI=1S/C17H15NO3/c1-12(14-8-10-16(11-9-14)18(20)21)13(2)17(19)15-6-4-3-5-7-15/h3-11H,1-2H3/b13-12+. The summed E-state index contributed by atoms with van der Waals surface area (Å²) in [6.45, 7) is 3.61. The lowest BCUT2D eigenvalue weighted by Gasteiger charge is -2.07. The summed E-state index contributed by atoms with van der Waals surface area (Å²) in [4.78, 5) is 22.6. The lowest BCUT2D eigenvalue weighted by molar-refractivity contribution is -0.384. The Kier molecular flexibility index (Phi) is 4.28. The monoisotopic (exact) mass is 281 g/mol. The maximum absolute atomic E-state index is 12.4. The molecule has 0 aliphatic rings. The van der Waals surface area contributed by atoms with Crippen molar-refractivity contribution in [2.45, 2.75) is 13.8 Å². The fourth-order valence-corrected chi connectivity index (χ4v) is 2.03. The molecule has 4 nitrogen and oxygen atoms in total. The summed E-state index contributed by atoms with van der Waals surface area (Å²) in [7, 11) is 0. The van der Waals surface area contributed by atoms with E-state index in [1.165, 1.54) is 12.1 Å². The van der Waals surface area contributed by atoms with Crippen LogP contribution in [0.15, 0.2) is 60.2 Å². The summed E-state index contributed by atoms with van der Waals surface area (Å²) in [6, 6.07) is 15.3. The maximum Gasteiger partial charge on any atom is 0.269 e. The van der Waals surface area contributed by atoms with Crippen molar-refractivity contribution in [3.8, 4) is 0 Å². The Morgan fingerprint density at radius 2 is 1.48 bits per heavy atom. The van der Waals surface area contributed by atoms with Crippen molar-refractivity contribution in [1.82, 2.24) is 0 Å². The quantitative estimate of drug-likeness (QED) is 0.364. The van der Waals surface area contributed by atoms with Gasteiger partial charge in [-0.15, -0.1) is 0 Å². The highest BCUT2D eigenvalue weighted by molar-refractivity contribution is 6.12. The fourth-order valence-electron chi connectivity index (χ4n) is 2.03. The molecule has 0 heterocycles. The molecular formula is C17H15NO3. The Morgan fingerprint density at radius 1 is 0.905 bits per heavy atom. The molecule has 4 heteroatoms. The van der Waals surface area contributed by atoms with Crippen LogP contribution < -0.4 is 0 Å². The third-order valence-electron chi connectivity index (χ3n) is 3.45. The second kappa shape index (κ2) is 6.13. The number of carbonyl (C=O) groups is 1. The van der Waals surface area contributed by atoms with E-state index in [-0.39, 0.29) is 11.5 Å². The minimum Gasteiger partial charge on any atom is -0.289 e. The Balaban J connectivity index is 2.34. The predicted molar refractivity (Wildman–Crippen MR) is 82.1 cm³/mol. The average molecular weight is 281 g/mol. The van der Waals surface area contributed by atoms with Crippen molar-refractivity contribution in [2.75, 3.05) is 0 Å². The van der Waals surface area contributed by atoms with Gasteiger partial charge in [-0.2, -0.15) is 0 Å². The van der Waals surface area contributed by atoms with E-state index in [1.54, 1.807) is 31.2 Å². The van der Waals surface area contributed by atoms with Crippen molar-refractivity contribution in [2.24, 2.45) is 0 Å². The zero-order chi connectivity index (χ0) is 15.4. The van der Waals surface area contributed by atoms with Crippen LogP contribution in [0.3, 0.4) is 0 Å². The van der Waals surface area contributed by atoms with E-state index < -0.39 is 4.92 Å². The molecule has 2 rings (SSSR count). The van der Waals surface area contributed by atoms with E-state index in [4.69, 9.17) is 0 Å². The van der Waals surface area contributed by atoms with Crippen LogP contribution in [0, 0.1) is 10.1 Å². The summed E-state index contributed by atoms with van der Waals surface area (Å²) in [5.41, 5.74) is 2.94. The first-order valence-electron chi connectivity index (χ1n) is 6.52. The number of nitrogens with zero attached hydrogens (tertiary/aromatic N) is 1. The Labute approximate surface area is 122 Å². The molecule has 0 N–H and O–H groups in total. The number of carbonyl (C=O) groups excluding carboxylic acids is 1. The van der Waals surface area contributed by atoms with Crippen molar-refractivity contribution < 1.29 is 9.72 Å². The number of hydrogen-bond acceptors (Lipinski definition) is 3. The van der Waals surface area contributed by atoms with Gasteiger partial charge in [0.05, 0.1) is 4.92 Å². The van der Waals surface area contributed by atoms with E-state index in [1.807, 2.05) is 25.1 Å². The van der Waals surface area contributed by atoms with Crippen molar-refractivity contribution in [1.29, 1.82) is 0 Å². The number of hydrogen-bond donors (Lipinski definition) is 0. The molecule has 0 aliphatic heterocycles. The van der Waals surface area contributed by atoms with E-state index in [2.05, 4.69) is 0 Å². The molecule has 0 saturated heterocycles. The van der Waals surface area contributed by atoms with Crippen molar-refractivity contribution >= 4 is 17.0 Å². The third kappa shape index (κ3) is 3.23. The molecule has 0 atom stereocenters. The summed E-state index contributed by atoms with van der Waals surface area (Å²) < 4.78 is 0. The van der Waals surface area contributed by atoms with Crippen LogP contribution in [0.2, 0.25) is 0 Å². The van der Waals surface area contributed by atoms with Crippen LogP contribution in [-0.2, 0) is 0 Å². The summed E-state index contributed by atoms with van der Waals surface area (Å²) in [5.74, 6) is -0.0357. The zero-order valence-electron chi connectivity index (χ0n) is 11.9. The minimum atomic E-state index is -0.440. The van der Waals surface area contributed by atoms with Crippen LogP contribution in [0.4, 0.5) is 5.69 Å². The molecule has 0 radical (unpaired) electrons. The topological polar surface area (TPSA) is 60.2 Å². The van der Waals surface area contributed by atoms with Crippen molar-refractivity contribution in [3.05, 3.63) is 81.4 Å². The molecule has 21 heavy (non-hydrogen) atoms. The van der Waals surface area contributed by atoms with Crippen LogP contribution >= 0.6 is 0 Å². The second-order valence-corrected chi connectivity index (χ2v) is 4.75. The maximum atomic E-state index is 12.4. The molecule has 0 bridgehead atoms. The molecular weight excluding hydrogens is 266 g/mol. The number of non-ortho nitro benzene ring substituents is 1. The number of nitro groups is 1. The summed E-state index contributed by atoms with van der Waals surface area (Å²) >= 11 is 0. The number of allylic oxidation sites excluding steroid dienone is 2. The van der Waals surface area contributed by atoms with E-state index in [0.717, 1.165) is 11.1 Å². The van der Waals surface area contributed by atoms with Gasteiger partial charge < -0.3 is 0 Å². The van der Waals surface area contributed by atoms with E-state index in [9.17, 15) is 14.9 Å². The molecule has 0 saturated carbocycles.